The largest absolute Gasteiger partial charge is 0.479 e. The van der Waals surface area contributed by atoms with Gasteiger partial charge in [-0.2, -0.15) is 0 Å². The molecular weight excluding hydrogens is 264 g/mol. The Morgan fingerprint density at radius 3 is 2.30 bits per heavy atom. The maximum absolute atomic E-state index is 12.0. The van der Waals surface area contributed by atoms with Crippen LogP contribution in [-0.4, -0.2) is 48.2 Å². The lowest BCUT2D eigenvalue weighted by Gasteiger charge is -2.21. The van der Waals surface area contributed by atoms with E-state index in [9.17, 15) is 14.4 Å². The second-order valence-electron chi connectivity index (χ2n) is 5.33. The van der Waals surface area contributed by atoms with Crippen LogP contribution in [0.15, 0.2) is 0 Å². The molecule has 1 rings (SSSR count). The van der Waals surface area contributed by atoms with E-state index in [4.69, 9.17) is 9.84 Å². The monoisotopic (exact) mass is 286 g/mol. The highest BCUT2D eigenvalue weighted by atomic mass is 16.5. The Morgan fingerprint density at radius 2 is 1.85 bits per heavy atom. The molecule has 1 fully saturated rings. The number of carbonyl (C=O) groups is 3. The highest BCUT2D eigenvalue weighted by Crippen LogP contribution is 2.20. The summed E-state index contributed by atoms with van der Waals surface area (Å²) in [6, 6.07) is -0.625. The number of carbonyl (C=O) groups excluding carboxylic acids is 2. The van der Waals surface area contributed by atoms with Crippen LogP contribution in [-0.2, 0) is 19.1 Å². The van der Waals surface area contributed by atoms with E-state index in [1.54, 1.807) is 0 Å². The molecule has 7 heteroatoms. The molecule has 3 atom stereocenters. The van der Waals surface area contributed by atoms with Crippen LogP contribution >= 0.6 is 0 Å². The van der Waals surface area contributed by atoms with E-state index in [0.29, 0.717) is 19.3 Å². The van der Waals surface area contributed by atoms with E-state index in [2.05, 4.69) is 10.6 Å². The molecule has 0 spiro atoms. The van der Waals surface area contributed by atoms with Gasteiger partial charge in [-0.05, 0) is 25.2 Å². The van der Waals surface area contributed by atoms with Crippen molar-refractivity contribution in [2.75, 3.05) is 7.05 Å². The number of hydrogen-bond acceptors (Lipinski definition) is 4. The lowest BCUT2D eigenvalue weighted by molar-refractivity contribution is -0.152. The molecule has 0 saturated carbocycles. The first-order valence-corrected chi connectivity index (χ1v) is 6.75. The van der Waals surface area contributed by atoms with Gasteiger partial charge < -0.3 is 20.5 Å². The average Bonchev–Trinajstić information content (AvgIpc) is 2.86. The van der Waals surface area contributed by atoms with Crippen molar-refractivity contribution in [3.05, 3.63) is 0 Å². The van der Waals surface area contributed by atoms with Crippen LogP contribution in [0.1, 0.15) is 33.1 Å². The minimum absolute atomic E-state index is 0.244. The number of likely N-dealkylation sites (N-methyl/N-ethyl adjacent to an activating group) is 1. The summed E-state index contributed by atoms with van der Waals surface area (Å²) in [5.41, 5.74) is 0. The molecule has 1 heterocycles. The number of aliphatic carboxylic acids is 1. The molecule has 114 valence electrons. The van der Waals surface area contributed by atoms with Crippen LogP contribution in [0.25, 0.3) is 0 Å². The molecule has 7 nitrogen and oxygen atoms in total. The van der Waals surface area contributed by atoms with Crippen molar-refractivity contribution < 1.29 is 24.2 Å². The first kappa shape index (κ1) is 16.4. The third kappa shape index (κ3) is 4.48. The number of hydrogen-bond donors (Lipinski definition) is 3. The SMILES string of the molecule is CNC(=O)C(CC(C)C)NC(=O)[C@@H]1CC[C@H](C(=O)O)O1. The van der Waals surface area contributed by atoms with Crippen molar-refractivity contribution in [2.45, 2.75) is 51.4 Å². The second-order valence-corrected chi connectivity index (χ2v) is 5.33. The average molecular weight is 286 g/mol. The maximum atomic E-state index is 12.0. The molecule has 1 aliphatic heterocycles. The zero-order valence-corrected chi connectivity index (χ0v) is 12.0. The molecule has 1 aliphatic rings. The predicted molar refractivity (Wildman–Crippen MR) is 71.0 cm³/mol. The molecule has 2 amide bonds. The summed E-state index contributed by atoms with van der Waals surface area (Å²) in [5, 5.41) is 14.0. The van der Waals surface area contributed by atoms with Crippen LogP contribution in [0.2, 0.25) is 0 Å². The number of carboxylic acid groups (broad SMARTS) is 1. The number of ether oxygens (including phenoxy) is 1. The summed E-state index contributed by atoms with van der Waals surface area (Å²) in [5.74, 6) is -1.51. The summed E-state index contributed by atoms with van der Waals surface area (Å²) >= 11 is 0. The van der Waals surface area contributed by atoms with Gasteiger partial charge in [0.2, 0.25) is 11.8 Å². The molecule has 0 bridgehead atoms. The van der Waals surface area contributed by atoms with Crippen LogP contribution in [0.5, 0.6) is 0 Å². The summed E-state index contributed by atoms with van der Waals surface area (Å²) in [6.45, 7) is 3.91. The van der Waals surface area contributed by atoms with Gasteiger partial charge in [-0.1, -0.05) is 13.8 Å². The smallest absolute Gasteiger partial charge is 0.332 e. The van der Waals surface area contributed by atoms with Crippen LogP contribution in [0.3, 0.4) is 0 Å². The van der Waals surface area contributed by atoms with Crippen molar-refractivity contribution in [3.8, 4) is 0 Å². The lowest BCUT2D eigenvalue weighted by atomic mass is 10.0. The van der Waals surface area contributed by atoms with Gasteiger partial charge in [-0.15, -0.1) is 0 Å². The molecule has 0 aromatic carbocycles. The molecule has 1 unspecified atom stereocenters. The number of amides is 2. The van der Waals surface area contributed by atoms with Gasteiger partial charge in [0.1, 0.15) is 12.1 Å². The zero-order chi connectivity index (χ0) is 15.3. The topological polar surface area (TPSA) is 105 Å². The van der Waals surface area contributed by atoms with E-state index in [1.165, 1.54) is 7.05 Å². The van der Waals surface area contributed by atoms with Crippen molar-refractivity contribution in [2.24, 2.45) is 5.92 Å². The minimum Gasteiger partial charge on any atom is -0.479 e. The quantitative estimate of drug-likeness (QED) is 0.632. The van der Waals surface area contributed by atoms with E-state index in [-0.39, 0.29) is 11.8 Å². The zero-order valence-electron chi connectivity index (χ0n) is 12.0. The van der Waals surface area contributed by atoms with E-state index < -0.39 is 30.1 Å². The molecule has 3 N–H and O–H groups in total. The van der Waals surface area contributed by atoms with Crippen molar-refractivity contribution in [1.29, 1.82) is 0 Å². The molecule has 0 radical (unpaired) electrons. The van der Waals surface area contributed by atoms with Crippen LogP contribution in [0.4, 0.5) is 0 Å². The standard InChI is InChI=1S/C13H22N2O5/c1-7(2)6-8(11(16)14-3)15-12(17)9-4-5-10(20-9)13(18)19/h7-10H,4-6H2,1-3H3,(H,14,16)(H,15,17)(H,18,19)/t8?,9-,10+/m0/s1. The fourth-order valence-electron chi connectivity index (χ4n) is 2.15. The Hall–Kier alpha value is -1.63. The molecule has 0 aromatic rings. The Balaban J connectivity index is 2.58. The normalized spacial score (nSPS) is 23.4. The van der Waals surface area contributed by atoms with E-state index in [1.807, 2.05) is 13.8 Å². The highest BCUT2D eigenvalue weighted by molar-refractivity contribution is 5.89. The first-order chi connectivity index (χ1) is 9.35. The van der Waals surface area contributed by atoms with Crippen LogP contribution in [0, 0.1) is 5.92 Å². The Kier molecular flexibility index (Phi) is 5.94. The number of nitrogens with one attached hydrogen (secondary N) is 2. The molecular formula is C13H22N2O5. The Labute approximate surface area is 118 Å². The second kappa shape index (κ2) is 7.23. The van der Waals surface area contributed by atoms with Crippen LogP contribution < -0.4 is 10.6 Å². The Bertz CT molecular complexity index is 383. The highest BCUT2D eigenvalue weighted by Gasteiger charge is 2.36. The predicted octanol–water partition coefficient (Wildman–Crippen LogP) is -0.104. The van der Waals surface area contributed by atoms with Gasteiger partial charge in [0.25, 0.3) is 0 Å². The third-order valence-electron chi connectivity index (χ3n) is 3.17. The van der Waals surface area contributed by atoms with Gasteiger partial charge in [0, 0.05) is 7.05 Å². The fourth-order valence-corrected chi connectivity index (χ4v) is 2.15. The maximum Gasteiger partial charge on any atom is 0.332 e. The van der Waals surface area contributed by atoms with Gasteiger partial charge in [-0.25, -0.2) is 4.79 Å². The van der Waals surface area contributed by atoms with Gasteiger partial charge in [0.05, 0.1) is 0 Å². The summed E-state index contributed by atoms with van der Waals surface area (Å²) in [6.07, 6.45) is -0.557. The molecule has 0 aromatic heterocycles. The lowest BCUT2D eigenvalue weighted by Crippen LogP contribution is -2.49. The van der Waals surface area contributed by atoms with Gasteiger partial charge in [-0.3, -0.25) is 9.59 Å². The number of carboxylic acids is 1. The minimum atomic E-state index is -1.06. The first-order valence-electron chi connectivity index (χ1n) is 6.75. The van der Waals surface area contributed by atoms with Crippen molar-refractivity contribution >= 4 is 17.8 Å². The molecule has 0 aliphatic carbocycles. The van der Waals surface area contributed by atoms with Gasteiger partial charge in [0.15, 0.2) is 6.10 Å². The van der Waals surface area contributed by atoms with Crippen molar-refractivity contribution in [3.63, 3.8) is 0 Å². The number of rotatable bonds is 6. The van der Waals surface area contributed by atoms with Gasteiger partial charge >= 0.3 is 5.97 Å². The third-order valence-corrected chi connectivity index (χ3v) is 3.17. The van der Waals surface area contributed by atoms with E-state index in [0.717, 1.165) is 0 Å². The summed E-state index contributed by atoms with van der Waals surface area (Å²) in [4.78, 5) is 34.5. The summed E-state index contributed by atoms with van der Waals surface area (Å²) in [7, 11) is 1.51. The van der Waals surface area contributed by atoms with E-state index >= 15 is 0 Å². The summed E-state index contributed by atoms with van der Waals surface area (Å²) < 4.78 is 5.16. The van der Waals surface area contributed by atoms with Crippen molar-refractivity contribution in [1.82, 2.24) is 10.6 Å². The molecule has 20 heavy (non-hydrogen) atoms. The Morgan fingerprint density at radius 1 is 1.25 bits per heavy atom. The fraction of sp³-hybridized carbons (Fsp3) is 0.769. The molecule has 1 saturated heterocycles.